The predicted octanol–water partition coefficient (Wildman–Crippen LogP) is 2.94. The fraction of sp³-hybridized carbons (Fsp3) is 0.190. The Morgan fingerprint density at radius 2 is 2.04 bits per heavy atom. The number of carbonyl (C=O) groups excluding carboxylic acids is 1. The van der Waals surface area contributed by atoms with Gasteiger partial charge in [-0.05, 0) is 42.3 Å². The molecule has 132 valence electrons. The first kappa shape index (κ1) is 17.4. The van der Waals surface area contributed by atoms with Crippen LogP contribution in [0, 0.1) is 18.8 Å². The summed E-state index contributed by atoms with van der Waals surface area (Å²) in [4.78, 5) is 11.8. The third-order valence-electron chi connectivity index (χ3n) is 3.69. The van der Waals surface area contributed by atoms with Crippen LogP contribution in [-0.4, -0.2) is 25.9 Å². The molecule has 3 rings (SSSR count). The van der Waals surface area contributed by atoms with Crippen LogP contribution in [-0.2, 0) is 4.79 Å². The third kappa shape index (κ3) is 4.81. The van der Waals surface area contributed by atoms with E-state index in [1.165, 1.54) is 6.08 Å². The van der Waals surface area contributed by atoms with Crippen LogP contribution >= 0.6 is 0 Å². The lowest BCUT2D eigenvalue weighted by molar-refractivity contribution is -0.116. The maximum atomic E-state index is 11.8. The predicted molar refractivity (Wildman–Crippen MR) is 99.1 cm³/mol. The van der Waals surface area contributed by atoms with Crippen molar-refractivity contribution in [3.8, 4) is 29.1 Å². The topological polar surface area (TPSA) is 56.8 Å². The van der Waals surface area contributed by atoms with E-state index < -0.39 is 0 Å². The van der Waals surface area contributed by atoms with E-state index in [2.05, 4.69) is 17.2 Å². The Kier molecular flexibility index (Phi) is 5.79. The van der Waals surface area contributed by atoms with Gasteiger partial charge in [0.1, 0.15) is 12.4 Å². The fourth-order valence-corrected chi connectivity index (χ4v) is 2.32. The number of nitrogens with one attached hydrogen (secondary N) is 1. The SMILES string of the molecule is Cc1ccccc1OCC#CCNC(=O)/C=C/c1ccc2c(c1)OCO2. The van der Waals surface area contributed by atoms with Crippen LogP contribution < -0.4 is 19.5 Å². The van der Waals surface area contributed by atoms with Crippen LogP contribution in [0.15, 0.2) is 48.5 Å². The summed E-state index contributed by atoms with van der Waals surface area (Å²) in [6.45, 7) is 2.76. The summed E-state index contributed by atoms with van der Waals surface area (Å²) in [7, 11) is 0. The number of para-hydroxylation sites is 1. The quantitative estimate of drug-likeness (QED) is 0.666. The molecule has 0 aromatic heterocycles. The zero-order valence-electron chi connectivity index (χ0n) is 14.5. The van der Waals surface area contributed by atoms with Gasteiger partial charge in [0.2, 0.25) is 12.7 Å². The van der Waals surface area contributed by atoms with Gasteiger partial charge in [-0.25, -0.2) is 0 Å². The van der Waals surface area contributed by atoms with Crippen LogP contribution in [0.5, 0.6) is 17.2 Å². The highest BCUT2D eigenvalue weighted by molar-refractivity contribution is 5.91. The highest BCUT2D eigenvalue weighted by atomic mass is 16.7. The Morgan fingerprint density at radius 1 is 1.19 bits per heavy atom. The minimum atomic E-state index is -0.211. The van der Waals surface area contributed by atoms with E-state index in [9.17, 15) is 4.79 Å². The van der Waals surface area contributed by atoms with Crippen molar-refractivity contribution in [1.82, 2.24) is 5.32 Å². The van der Waals surface area contributed by atoms with E-state index in [0.717, 1.165) is 22.6 Å². The molecule has 26 heavy (non-hydrogen) atoms. The molecule has 0 saturated heterocycles. The summed E-state index contributed by atoms with van der Waals surface area (Å²) in [6, 6.07) is 13.3. The maximum absolute atomic E-state index is 11.8. The number of rotatable bonds is 5. The fourth-order valence-electron chi connectivity index (χ4n) is 2.32. The van der Waals surface area contributed by atoms with Crippen molar-refractivity contribution < 1.29 is 19.0 Å². The van der Waals surface area contributed by atoms with Crippen LogP contribution in [0.25, 0.3) is 6.08 Å². The number of carbonyl (C=O) groups is 1. The molecule has 0 bridgehead atoms. The van der Waals surface area contributed by atoms with Gasteiger partial charge in [0.05, 0.1) is 6.54 Å². The average molecular weight is 349 g/mol. The molecule has 1 heterocycles. The van der Waals surface area contributed by atoms with Crippen LogP contribution in [0.2, 0.25) is 0 Å². The number of hydrogen-bond acceptors (Lipinski definition) is 4. The molecule has 0 aliphatic carbocycles. The number of aryl methyl sites for hydroxylation is 1. The van der Waals surface area contributed by atoms with Crippen molar-refractivity contribution in [1.29, 1.82) is 0 Å². The van der Waals surface area contributed by atoms with Crippen molar-refractivity contribution in [2.75, 3.05) is 19.9 Å². The molecular weight excluding hydrogens is 330 g/mol. The molecular formula is C21H19NO4. The first-order chi connectivity index (χ1) is 12.7. The Balaban J connectivity index is 1.40. The van der Waals surface area contributed by atoms with Gasteiger partial charge >= 0.3 is 0 Å². The van der Waals surface area contributed by atoms with Gasteiger partial charge in [-0.1, -0.05) is 36.1 Å². The van der Waals surface area contributed by atoms with Gasteiger partial charge in [-0.3, -0.25) is 4.79 Å². The Morgan fingerprint density at radius 3 is 2.92 bits per heavy atom. The molecule has 2 aromatic carbocycles. The van der Waals surface area contributed by atoms with Crippen molar-refractivity contribution >= 4 is 12.0 Å². The zero-order valence-corrected chi connectivity index (χ0v) is 14.5. The molecule has 5 nitrogen and oxygen atoms in total. The maximum Gasteiger partial charge on any atom is 0.244 e. The van der Waals surface area contributed by atoms with Crippen LogP contribution in [0.4, 0.5) is 0 Å². The molecule has 1 amide bonds. The molecule has 0 radical (unpaired) electrons. The summed E-state index contributed by atoms with van der Waals surface area (Å²) in [5.41, 5.74) is 1.93. The van der Waals surface area contributed by atoms with Gasteiger partial charge < -0.3 is 19.5 Å². The lowest BCUT2D eigenvalue weighted by Gasteiger charge is -2.04. The lowest BCUT2D eigenvalue weighted by atomic mass is 10.2. The van der Waals surface area contributed by atoms with E-state index in [1.807, 2.05) is 49.4 Å². The highest BCUT2D eigenvalue weighted by Gasteiger charge is 2.12. The Labute approximate surface area is 152 Å². The van der Waals surface area contributed by atoms with Gasteiger partial charge in [-0.15, -0.1) is 0 Å². The molecule has 5 heteroatoms. The van der Waals surface area contributed by atoms with Gasteiger partial charge in [0, 0.05) is 6.08 Å². The van der Waals surface area contributed by atoms with Crippen molar-refractivity contribution in [3.05, 3.63) is 59.7 Å². The number of ether oxygens (including phenoxy) is 3. The third-order valence-corrected chi connectivity index (χ3v) is 3.69. The second-order valence-corrected chi connectivity index (χ2v) is 5.57. The van der Waals surface area contributed by atoms with E-state index in [4.69, 9.17) is 14.2 Å². The Hall–Kier alpha value is -3.39. The van der Waals surface area contributed by atoms with Crippen molar-refractivity contribution in [3.63, 3.8) is 0 Å². The molecule has 0 atom stereocenters. The largest absolute Gasteiger partial charge is 0.481 e. The van der Waals surface area contributed by atoms with Crippen molar-refractivity contribution in [2.24, 2.45) is 0 Å². The van der Waals surface area contributed by atoms with Gasteiger partial charge in [0.25, 0.3) is 0 Å². The molecule has 1 aliphatic heterocycles. The minimum absolute atomic E-state index is 0.211. The summed E-state index contributed by atoms with van der Waals surface area (Å²) in [5.74, 6) is 7.75. The first-order valence-corrected chi connectivity index (χ1v) is 8.22. The number of benzene rings is 2. The monoisotopic (exact) mass is 349 g/mol. The normalized spacial score (nSPS) is 11.7. The van der Waals surface area contributed by atoms with E-state index in [-0.39, 0.29) is 25.9 Å². The Bertz CT molecular complexity index is 877. The average Bonchev–Trinajstić information content (AvgIpc) is 3.12. The summed E-state index contributed by atoms with van der Waals surface area (Å²) < 4.78 is 16.1. The van der Waals surface area contributed by atoms with Gasteiger partial charge in [-0.2, -0.15) is 0 Å². The highest BCUT2D eigenvalue weighted by Crippen LogP contribution is 2.32. The van der Waals surface area contributed by atoms with Gasteiger partial charge in [0.15, 0.2) is 11.5 Å². The molecule has 0 saturated carbocycles. The molecule has 2 aromatic rings. The summed E-state index contributed by atoms with van der Waals surface area (Å²) in [6.07, 6.45) is 3.18. The number of fused-ring (bicyclic) bond motifs is 1. The second kappa shape index (κ2) is 8.63. The van der Waals surface area contributed by atoms with E-state index in [0.29, 0.717) is 5.75 Å². The molecule has 1 aliphatic rings. The molecule has 0 spiro atoms. The molecule has 0 fully saturated rings. The van der Waals surface area contributed by atoms with Crippen LogP contribution in [0.1, 0.15) is 11.1 Å². The minimum Gasteiger partial charge on any atom is -0.481 e. The van der Waals surface area contributed by atoms with Crippen molar-refractivity contribution in [2.45, 2.75) is 6.92 Å². The number of amides is 1. The zero-order chi connectivity index (χ0) is 18.2. The van der Waals surface area contributed by atoms with E-state index in [1.54, 1.807) is 6.08 Å². The molecule has 0 unspecified atom stereocenters. The molecule has 1 N–H and O–H groups in total. The number of hydrogen-bond donors (Lipinski definition) is 1. The first-order valence-electron chi connectivity index (χ1n) is 8.22. The summed E-state index contributed by atoms with van der Waals surface area (Å²) in [5, 5.41) is 2.70. The second-order valence-electron chi connectivity index (χ2n) is 5.57. The summed E-state index contributed by atoms with van der Waals surface area (Å²) >= 11 is 0. The van der Waals surface area contributed by atoms with E-state index >= 15 is 0 Å². The van der Waals surface area contributed by atoms with Crippen LogP contribution in [0.3, 0.4) is 0 Å². The smallest absolute Gasteiger partial charge is 0.244 e. The standard InChI is InChI=1S/C21H19NO4/c1-16-6-2-3-7-18(16)24-13-5-4-12-22-21(23)11-9-17-8-10-19-20(14-17)26-15-25-19/h2-3,6-11,14H,12-13,15H2,1H3,(H,22,23)/b11-9+. The lowest BCUT2D eigenvalue weighted by Crippen LogP contribution is -2.21.